The van der Waals surface area contributed by atoms with E-state index in [-0.39, 0.29) is 34.1 Å². The van der Waals surface area contributed by atoms with Crippen LogP contribution in [-0.4, -0.2) is 56.3 Å². The van der Waals surface area contributed by atoms with Gasteiger partial charge >= 0.3 is 0 Å². The number of hydrogen-bond donors (Lipinski definition) is 3. The number of nitrogens with zero attached hydrogens (tertiary/aromatic N) is 1. The van der Waals surface area contributed by atoms with Crippen molar-refractivity contribution in [2.24, 2.45) is 5.41 Å². The second-order valence-corrected chi connectivity index (χ2v) is 15.8. The Balaban J connectivity index is 1.44. The molecule has 2 amide bonds. The molecule has 0 aromatic heterocycles. The van der Waals surface area contributed by atoms with Crippen LogP contribution in [0.5, 0.6) is 5.75 Å². The summed E-state index contributed by atoms with van der Waals surface area (Å²) in [4.78, 5) is 31.2. The van der Waals surface area contributed by atoms with Gasteiger partial charge in [0, 0.05) is 46.1 Å². The number of fused-ring (bicyclic) bond motifs is 2. The van der Waals surface area contributed by atoms with Gasteiger partial charge < -0.3 is 30.3 Å². The fraction of sp³-hybridized carbons (Fsp3) is 0.444. The molecule has 3 aromatic rings. The highest BCUT2D eigenvalue weighted by Crippen LogP contribution is 2.57. The van der Waals surface area contributed by atoms with Gasteiger partial charge in [0.1, 0.15) is 17.0 Å². The maximum atomic E-state index is 16.1. The molecule has 250 valence electrons. The van der Waals surface area contributed by atoms with E-state index in [0.29, 0.717) is 23.5 Å². The summed E-state index contributed by atoms with van der Waals surface area (Å²) in [6.45, 7) is 11.8. The van der Waals surface area contributed by atoms with E-state index in [1.165, 1.54) is 6.07 Å². The number of benzene rings is 3. The first-order valence-corrected chi connectivity index (χ1v) is 17.4. The Morgan fingerprint density at radius 1 is 1.15 bits per heavy atom. The maximum Gasteiger partial charge on any atom is 0.242 e. The second-order valence-electron chi connectivity index (χ2n) is 14.1. The number of methoxy groups -OCH3 is 1. The minimum atomic E-state index is -1.29. The van der Waals surface area contributed by atoms with Gasteiger partial charge in [0.25, 0.3) is 0 Å². The summed E-state index contributed by atoms with van der Waals surface area (Å²) in [5.41, 5.74) is 1.52. The van der Waals surface area contributed by atoms with Gasteiger partial charge in [-0.25, -0.2) is 4.39 Å². The van der Waals surface area contributed by atoms with Crippen molar-refractivity contribution in [3.05, 3.63) is 80.1 Å². The summed E-state index contributed by atoms with van der Waals surface area (Å²) in [5, 5.41) is 9.63. The predicted octanol–water partition coefficient (Wildman–Crippen LogP) is 7.09. The molecule has 3 heterocycles. The first-order valence-electron chi connectivity index (χ1n) is 15.9. The zero-order valence-corrected chi connectivity index (χ0v) is 30.3. The van der Waals surface area contributed by atoms with Crippen LogP contribution < -0.4 is 25.6 Å². The van der Waals surface area contributed by atoms with Crippen LogP contribution in [0.3, 0.4) is 0 Å². The summed E-state index contributed by atoms with van der Waals surface area (Å²) < 4.78 is 28.7. The Kier molecular flexibility index (Phi) is 9.27. The standard InChI is InChI=1S/C36H41ClFIN4O4/c1-19-17-43(18-20(2)47-19)22-11-13-26(28(15-22)46-6)40-33(44)32-30(23-8-7-9-25(37)31(23)38)36(29(42-32)16-35(3,4)5)24-12-10-21(39)14-27(24)41-34(36)45/h7-15,19-20,29-30,32,42H,16-18H2,1-6H3,(H,40,44)(H,41,45)/t19?,20?,29-,30-,32+,36+/m0/s1. The SMILES string of the molecule is COc1cc(N2CC(C)OC(C)C2)ccc1NC(=O)[C@@H]1N[C@@H](CC(C)(C)C)[C@@]2(C(=O)Nc3cc(I)ccc32)[C@H]1c1cccc(Cl)c1F. The number of morpholine rings is 1. The van der Waals surface area contributed by atoms with E-state index >= 15 is 4.39 Å². The van der Waals surface area contributed by atoms with Gasteiger partial charge in [-0.2, -0.15) is 0 Å². The Morgan fingerprint density at radius 2 is 1.87 bits per heavy atom. The number of amides is 2. The van der Waals surface area contributed by atoms with Crippen molar-refractivity contribution in [2.45, 2.75) is 76.7 Å². The minimum Gasteiger partial charge on any atom is -0.494 e. The number of halogens is 3. The number of nitrogens with one attached hydrogen (secondary N) is 3. The van der Waals surface area contributed by atoms with Crippen LogP contribution in [0.4, 0.5) is 21.5 Å². The summed E-state index contributed by atoms with van der Waals surface area (Å²) in [7, 11) is 1.56. The molecule has 11 heteroatoms. The largest absolute Gasteiger partial charge is 0.494 e. The molecule has 2 unspecified atom stereocenters. The monoisotopic (exact) mass is 774 g/mol. The number of rotatable bonds is 6. The van der Waals surface area contributed by atoms with Crippen LogP contribution in [0.15, 0.2) is 54.6 Å². The van der Waals surface area contributed by atoms with E-state index in [9.17, 15) is 9.59 Å². The third kappa shape index (κ3) is 6.22. The number of carbonyl (C=O) groups excluding carboxylic acids is 2. The molecule has 0 bridgehead atoms. The van der Waals surface area contributed by atoms with Crippen LogP contribution in [-0.2, 0) is 19.7 Å². The van der Waals surface area contributed by atoms with Crippen molar-refractivity contribution in [2.75, 3.05) is 35.7 Å². The van der Waals surface area contributed by atoms with E-state index < -0.39 is 35.1 Å². The average molecular weight is 775 g/mol. The number of anilines is 3. The second kappa shape index (κ2) is 12.8. The van der Waals surface area contributed by atoms with Crippen molar-refractivity contribution < 1.29 is 23.5 Å². The Labute approximate surface area is 294 Å². The van der Waals surface area contributed by atoms with Gasteiger partial charge in [-0.05, 0) is 89.7 Å². The molecule has 2 saturated heterocycles. The lowest BCUT2D eigenvalue weighted by Gasteiger charge is -2.37. The summed E-state index contributed by atoms with van der Waals surface area (Å²) >= 11 is 8.56. The van der Waals surface area contributed by atoms with E-state index in [1.807, 2.05) is 50.2 Å². The lowest BCUT2D eigenvalue weighted by Crippen LogP contribution is -2.49. The van der Waals surface area contributed by atoms with Crippen molar-refractivity contribution in [3.8, 4) is 5.75 Å². The van der Waals surface area contributed by atoms with E-state index in [1.54, 1.807) is 19.2 Å². The molecule has 0 saturated carbocycles. The van der Waals surface area contributed by atoms with Crippen LogP contribution in [0.25, 0.3) is 0 Å². The van der Waals surface area contributed by atoms with Crippen LogP contribution in [0.1, 0.15) is 58.1 Å². The highest BCUT2D eigenvalue weighted by Gasteiger charge is 2.66. The molecular formula is C36H41ClFIN4O4. The highest BCUT2D eigenvalue weighted by molar-refractivity contribution is 14.1. The van der Waals surface area contributed by atoms with Crippen molar-refractivity contribution >= 4 is 63.1 Å². The molecule has 6 rings (SSSR count). The molecule has 3 aliphatic heterocycles. The number of ether oxygens (including phenoxy) is 2. The van der Waals surface area contributed by atoms with E-state index in [0.717, 1.165) is 27.9 Å². The Morgan fingerprint density at radius 3 is 2.55 bits per heavy atom. The molecule has 3 aliphatic rings. The van der Waals surface area contributed by atoms with Crippen molar-refractivity contribution in [1.82, 2.24) is 5.32 Å². The molecule has 8 nitrogen and oxygen atoms in total. The number of carbonyl (C=O) groups is 2. The van der Waals surface area contributed by atoms with Gasteiger partial charge in [0.15, 0.2) is 0 Å². The first-order chi connectivity index (χ1) is 22.2. The average Bonchev–Trinajstić information content (AvgIpc) is 3.47. The van der Waals surface area contributed by atoms with Gasteiger partial charge in [0.2, 0.25) is 11.8 Å². The lowest BCUT2D eigenvalue weighted by molar-refractivity contribution is -0.122. The minimum absolute atomic E-state index is 0.0682. The van der Waals surface area contributed by atoms with Gasteiger partial charge in [-0.3, -0.25) is 9.59 Å². The lowest BCUT2D eigenvalue weighted by atomic mass is 9.62. The van der Waals surface area contributed by atoms with Crippen LogP contribution in [0, 0.1) is 14.8 Å². The van der Waals surface area contributed by atoms with Crippen LogP contribution >= 0.6 is 34.2 Å². The van der Waals surface area contributed by atoms with Crippen molar-refractivity contribution in [1.29, 1.82) is 0 Å². The summed E-state index contributed by atoms with van der Waals surface area (Å²) in [6, 6.07) is 14.7. The summed E-state index contributed by atoms with van der Waals surface area (Å²) in [5.74, 6) is -1.75. The zero-order valence-electron chi connectivity index (χ0n) is 27.4. The van der Waals surface area contributed by atoms with Gasteiger partial charge in [-0.15, -0.1) is 0 Å². The first kappa shape index (κ1) is 34.0. The maximum absolute atomic E-state index is 16.1. The van der Waals surface area contributed by atoms with Gasteiger partial charge in [-0.1, -0.05) is 50.6 Å². The Bertz CT molecular complexity index is 1710. The molecular weight excluding hydrogens is 734 g/mol. The zero-order chi connectivity index (χ0) is 33.8. The molecule has 0 aliphatic carbocycles. The molecule has 0 radical (unpaired) electrons. The molecule has 2 fully saturated rings. The topological polar surface area (TPSA) is 91.9 Å². The van der Waals surface area contributed by atoms with E-state index in [4.69, 9.17) is 21.1 Å². The normalized spacial score (nSPS) is 27.1. The summed E-state index contributed by atoms with van der Waals surface area (Å²) in [6.07, 6.45) is 0.704. The van der Waals surface area contributed by atoms with E-state index in [2.05, 4.69) is 64.2 Å². The predicted molar refractivity (Wildman–Crippen MR) is 192 cm³/mol. The molecule has 1 spiro atoms. The third-order valence-electron chi connectivity index (χ3n) is 9.45. The fourth-order valence-corrected chi connectivity index (χ4v) is 8.40. The molecule has 6 atom stereocenters. The Hall–Kier alpha value is -2.93. The highest BCUT2D eigenvalue weighted by atomic mass is 127. The van der Waals surface area contributed by atoms with Crippen molar-refractivity contribution in [3.63, 3.8) is 0 Å². The smallest absolute Gasteiger partial charge is 0.242 e. The third-order valence-corrected chi connectivity index (χ3v) is 10.4. The fourth-order valence-electron chi connectivity index (χ4n) is 7.73. The quantitative estimate of drug-likeness (QED) is 0.232. The van der Waals surface area contributed by atoms with Crippen LogP contribution in [0.2, 0.25) is 5.02 Å². The number of hydrogen-bond acceptors (Lipinski definition) is 6. The van der Waals surface area contributed by atoms with Gasteiger partial charge in [0.05, 0.1) is 36.1 Å². The molecule has 3 N–H and O–H groups in total. The molecule has 47 heavy (non-hydrogen) atoms. The molecule has 3 aromatic carbocycles.